The number of nitro groups is 1. The maximum Gasteiger partial charge on any atom is 0.296 e. The largest absolute Gasteiger partial charge is 0.505 e. The molecule has 200 valence electrons. The van der Waals surface area contributed by atoms with Crippen LogP contribution in [0.1, 0.15) is 0 Å². The zero-order valence-corrected chi connectivity index (χ0v) is 20.9. The molecule has 4 aromatic rings. The lowest BCUT2D eigenvalue weighted by atomic mass is 10.1. The Bertz CT molecular complexity index is 1890. The van der Waals surface area contributed by atoms with Gasteiger partial charge in [0.1, 0.15) is 21.2 Å². The minimum atomic E-state index is -5.05. The first-order valence-corrected chi connectivity index (χ1v) is 13.4. The molecule has 17 heteroatoms. The second kappa shape index (κ2) is 10.1. The van der Waals surface area contributed by atoms with Gasteiger partial charge >= 0.3 is 0 Å². The highest BCUT2D eigenvalue weighted by atomic mass is 32.2. The molecule has 0 aromatic heterocycles. The van der Waals surface area contributed by atoms with Gasteiger partial charge in [0.05, 0.1) is 27.4 Å². The number of azo groups is 2. The summed E-state index contributed by atoms with van der Waals surface area (Å²) in [5.74, 6) is -0.897. The summed E-state index contributed by atoms with van der Waals surface area (Å²) in [6.45, 7) is 0. The smallest absolute Gasteiger partial charge is 0.296 e. The van der Waals surface area contributed by atoms with Gasteiger partial charge in [0.2, 0.25) is 0 Å². The van der Waals surface area contributed by atoms with Gasteiger partial charge in [-0.25, -0.2) is 0 Å². The quantitative estimate of drug-likeness (QED) is 0.0725. The van der Waals surface area contributed by atoms with Crippen molar-refractivity contribution in [2.45, 2.75) is 9.79 Å². The number of nitrogens with zero attached hydrogens (tertiary/aromatic N) is 5. The fourth-order valence-electron chi connectivity index (χ4n) is 3.46. The molecule has 0 aliphatic heterocycles. The number of fused-ring (bicyclic) bond motifs is 1. The summed E-state index contributed by atoms with van der Waals surface area (Å²) in [5, 5.41) is 36.3. The molecule has 0 amide bonds. The van der Waals surface area contributed by atoms with E-state index >= 15 is 0 Å². The second-order valence-electron chi connectivity index (χ2n) is 7.77. The van der Waals surface area contributed by atoms with E-state index in [9.17, 15) is 41.2 Å². The number of nitro benzene ring substituents is 1. The Kier molecular flexibility index (Phi) is 7.07. The van der Waals surface area contributed by atoms with Crippen molar-refractivity contribution in [1.29, 1.82) is 0 Å². The Labute approximate surface area is 219 Å². The van der Waals surface area contributed by atoms with Crippen molar-refractivity contribution in [2.24, 2.45) is 20.5 Å². The van der Waals surface area contributed by atoms with Crippen molar-refractivity contribution in [3.63, 3.8) is 0 Å². The van der Waals surface area contributed by atoms with Crippen LogP contribution in [0, 0.1) is 10.1 Å². The van der Waals surface area contributed by atoms with E-state index in [1.54, 1.807) is 18.2 Å². The molecular formula is C22H16N6O9S2. The molecule has 0 atom stereocenters. The number of aromatic hydroxyl groups is 1. The van der Waals surface area contributed by atoms with Crippen LogP contribution < -0.4 is 5.73 Å². The minimum Gasteiger partial charge on any atom is -0.505 e. The van der Waals surface area contributed by atoms with E-state index < -0.39 is 57.8 Å². The van der Waals surface area contributed by atoms with Crippen LogP contribution in [0.3, 0.4) is 0 Å². The average Bonchev–Trinajstić information content (AvgIpc) is 2.86. The van der Waals surface area contributed by atoms with E-state index in [1.807, 2.05) is 0 Å². The number of hydrogen-bond donors (Lipinski definition) is 4. The molecule has 4 rings (SSSR count). The summed E-state index contributed by atoms with van der Waals surface area (Å²) >= 11 is 0. The van der Waals surface area contributed by atoms with Crippen molar-refractivity contribution in [3.8, 4) is 5.75 Å². The predicted octanol–water partition coefficient (Wildman–Crippen LogP) is 5.36. The van der Waals surface area contributed by atoms with E-state index in [1.165, 1.54) is 24.3 Å². The van der Waals surface area contributed by atoms with E-state index in [0.29, 0.717) is 0 Å². The van der Waals surface area contributed by atoms with Crippen molar-refractivity contribution in [1.82, 2.24) is 0 Å². The number of nitrogens with two attached hydrogens (primary N) is 1. The molecule has 39 heavy (non-hydrogen) atoms. The lowest BCUT2D eigenvalue weighted by Gasteiger charge is -2.14. The van der Waals surface area contributed by atoms with Gasteiger partial charge in [-0.15, -0.1) is 10.2 Å². The van der Waals surface area contributed by atoms with Gasteiger partial charge in [-0.2, -0.15) is 27.1 Å². The number of nitrogen functional groups attached to an aromatic ring is 1. The van der Waals surface area contributed by atoms with Gasteiger partial charge in [0, 0.05) is 12.1 Å². The molecule has 0 spiro atoms. The van der Waals surface area contributed by atoms with Crippen LogP contribution in [0.4, 0.5) is 34.1 Å². The van der Waals surface area contributed by atoms with Crippen LogP contribution in [-0.2, 0) is 20.2 Å². The first-order chi connectivity index (χ1) is 18.3. The van der Waals surface area contributed by atoms with Gasteiger partial charge in [-0.1, -0.05) is 18.2 Å². The van der Waals surface area contributed by atoms with Crippen LogP contribution in [0.2, 0.25) is 0 Å². The van der Waals surface area contributed by atoms with Gasteiger partial charge < -0.3 is 10.8 Å². The minimum absolute atomic E-state index is 0.0460. The summed E-state index contributed by atoms with van der Waals surface area (Å²) in [7, 11) is -10.1. The highest BCUT2D eigenvalue weighted by Gasteiger charge is 2.28. The number of benzene rings is 4. The molecular weight excluding hydrogens is 556 g/mol. The Morgan fingerprint density at radius 2 is 1.23 bits per heavy atom. The van der Waals surface area contributed by atoms with Crippen molar-refractivity contribution in [2.75, 3.05) is 5.73 Å². The number of anilines is 1. The molecule has 4 aromatic carbocycles. The fourth-order valence-corrected chi connectivity index (χ4v) is 4.78. The molecule has 0 aliphatic carbocycles. The molecule has 0 fully saturated rings. The zero-order valence-electron chi connectivity index (χ0n) is 19.3. The normalized spacial score (nSPS) is 12.5. The molecule has 0 unspecified atom stereocenters. The van der Waals surface area contributed by atoms with Gasteiger partial charge in [-0.3, -0.25) is 19.2 Å². The zero-order chi connectivity index (χ0) is 28.5. The summed E-state index contributed by atoms with van der Waals surface area (Å²) in [4.78, 5) is 8.37. The van der Waals surface area contributed by atoms with E-state index in [4.69, 9.17) is 5.73 Å². The first kappa shape index (κ1) is 27.2. The third-order valence-corrected chi connectivity index (χ3v) is 6.95. The molecule has 0 aliphatic rings. The number of non-ortho nitro benzene ring substituents is 1. The fraction of sp³-hybridized carbons (Fsp3) is 0. The van der Waals surface area contributed by atoms with E-state index in [2.05, 4.69) is 20.5 Å². The number of phenolic OH excluding ortho intramolecular Hbond substituents is 1. The maximum atomic E-state index is 12.1. The first-order valence-electron chi connectivity index (χ1n) is 10.5. The van der Waals surface area contributed by atoms with Crippen LogP contribution in [0.15, 0.2) is 97.0 Å². The van der Waals surface area contributed by atoms with Gasteiger partial charge in [0.25, 0.3) is 25.9 Å². The van der Waals surface area contributed by atoms with Crippen molar-refractivity contribution >= 4 is 65.1 Å². The summed E-state index contributed by atoms with van der Waals surface area (Å²) in [5.41, 5.74) is 4.29. The topological polar surface area (TPSA) is 248 Å². The molecule has 0 saturated heterocycles. The number of phenols is 1. The lowest BCUT2D eigenvalue weighted by Crippen LogP contribution is -2.03. The highest BCUT2D eigenvalue weighted by Crippen LogP contribution is 2.48. The van der Waals surface area contributed by atoms with Crippen LogP contribution >= 0.6 is 0 Å². The number of rotatable bonds is 7. The highest BCUT2D eigenvalue weighted by molar-refractivity contribution is 7.86. The Hall–Kier alpha value is -4.84. The molecule has 0 bridgehead atoms. The molecule has 15 nitrogen and oxygen atoms in total. The molecule has 0 heterocycles. The summed E-state index contributed by atoms with van der Waals surface area (Å²) in [6.07, 6.45) is 0. The maximum absolute atomic E-state index is 12.1. The van der Waals surface area contributed by atoms with Gasteiger partial charge in [0.15, 0.2) is 5.75 Å². The van der Waals surface area contributed by atoms with Crippen molar-refractivity contribution in [3.05, 3.63) is 76.8 Å². The Morgan fingerprint density at radius 3 is 1.74 bits per heavy atom. The van der Waals surface area contributed by atoms with E-state index in [-0.39, 0.29) is 27.8 Å². The third kappa shape index (κ3) is 5.70. The second-order valence-corrected chi connectivity index (χ2v) is 10.5. The third-order valence-electron chi connectivity index (χ3n) is 5.22. The molecule has 5 N–H and O–H groups in total. The SMILES string of the molecule is Nc1c(/N=N\c2ccc([N+](=O)[O-])cc2)c(S(=O)(=O)O)cc2cc(S(=O)(=O)O)c(/N=N\c3ccccc3)c(O)c12. The lowest BCUT2D eigenvalue weighted by molar-refractivity contribution is -0.384. The standard InChI is InChI=1S/C22H16N6O9S2/c23-19-18-12(11-17(39(35,36)37)21(22(18)29)27-24-13-4-2-1-3-5-13)10-16(38(32,33)34)20(19)26-25-14-6-8-15(9-7-14)28(30)31/h1-11,29H,23H2,(H,32,33,34)(H,35,36,37)/b26-25-,27-24-. The molecule has 0 saturated carbocycles. The molecule has 0 radical (unpaired) electrons. The average molecular weight is 573 g/mol. The monoisotopic (exact) mass is 572 g/mol. The summed E-state index contributed by atoms with van der Waals surface area (Å²) in [6, 6.07) is 14.2. The van der Waals surface area contributed by atoms with Gasteiger partial charge in [-0.05, 0) is 41.8 Å². The number of hydrogen-bond acceptors (Lipinski definition) is 12. The predicted molar refractivity (Wildman–Crippen MR) is 138 cm³/mol. The van der Waals surface area contributed by atoms with E-state index in [0.717, 1.165) is 24.3 Å². The Balaban J connectivity index is 1.99. The van der Waals surface area contributed by atoms with Crippen LogP contribution in [0.5, 0.6) is 5.75 Å². The summed E-state index contributed by atoms with van der Waals surface area (Å²) < 4.78 is 68.0. The van der Waals surface area contributed by atoms with Crippen molar-refractivity contribution < 1.29 is 36.0 Å². The van der Waals surface area contributed by atoms with Crippen LogP contribution in [0.25, 0.3) is 10.8 Å². The Morgan fingerprint density at radius 1 is 0.744 bits per heavy atom. The van der Waals surface area contributed by atoms with Crippen LogP contribution in [-0.4, -0.2) is 36.0 Å².